The van der Waals surface area contributed by atoms with Crippen LogP contribution in [0, 0.1) is 0 Å². The third-order valence-corrected chi connectivity index (χ3v) is 3.82. The lowest BCUT2D eigenvalue weighted by molar-refractivity contribution is 0.835. The van der Waals surface area contributed by atoms with E-state index in [2.05, 4.69) is 34.3 Å². The lowest BCUT2D eigenvalue weighted by atomic mass is 10.2. The Hall–Kier alpha value is -1.06. The van der Waals surface area contributed by atoms with E-state index in [0.29, 0.717) is 5.88 Å². The molecule has 2 aromatic heterocycles. The van der Waals surface area contributed by atoms with Crippen molar-refractivity contribution in [1.82, 2.24) is 4.98 Å². The van der Waals surface area contributed by atoms with Crippen LogP contribution in [0.5, 0.6) is 0 Å². The Morgan fingerprint density at radius 3 is 2.94 bits per heavy atom. The Labute approximate surface area is 111 Å². The highest BCUT2D eigenvalue weighted by atomic mass is 35.5. The van der Waals surface area contributed by atoms with Crippen LogP contribution >= 0.6 is 22.9 Å². The number of nitrogens with zero attached hydrogens (tertiary/aromatic N) is 2. The highest BCUT2D eigenvalue weighted by Crippen LogP contribution is 2.23. The Balaban J connectivity index is 2.22. The molecule has 0 saturated heterocycles. The smallest absolute Gasteiger partial charge is 0.0522 e. The summed E-state index contributed by atoms with van der Waals surface area (Å²) in [6, 6.07) is 6.28. The maximum atomic E-state index is 5.95. The zero-order chi connectivity index (χ0) is 12.1. The van der Waals surface area contributed by atoms with Crippen LogP contribution in [0.25, 0.3) is 0 Å². The average Bonchev–Trinajstić information content (AvgIpc) is 2.89. The van der Waals surface area contributed by atoms with E-state index in [4.69, 9.17) is 11.6 Å². The minimum atomic E-state index is 0.504. The summed E-state index contributed by atoms with van der Waals surface area (Å²) >= 11 is 7.74. The van der Waals surface area contributed by atoms with Crippen molar-refractivity contribution >= 4 is 28.6 Å². The van der Waals surface area contributed by atoms with Gasteiger partial charge in [-0.25, -0.2) is 0 Å². The van der Waals surface area contributed by atoms with Crippen LogP contribution in [0.4, 0.5) is 5.69 Å². The molecule has 90 valence electrons. The Kier molecular flexibility index (Phi) is 4.40. The first-order valence-corrected chi connectivity index (χ1v) is 7.02. The Morgan fingerprint density at radius 2 is 2.29 bits per heavy atom. The SMILES string of the molecule is CCN(Cc1cccs1)c1ccncc1CCl. The van der Waals surface area contributed by atoms with Gasteiger partial charge in [0.2, 0.25) is 0 Å². The van der Waals surface area contributed by atoms with E-state index in [0.717, 1.165) is 18.7 Å². The van der Waals surface area contributed by atoms with Gasteiger partial charge in [-0.15, -0.1) is 22.9 Å². The van der Waals surface area contributed by atoms with Gasteiger partial charge in [-0.05, 0) is 24.4 Å². The van der Waals surface area contributed by atoms with Gasteiger partial charge in [-0.2, -0.15) is 0 Å². The molecule has 0 atom stereocenters. The van der Waals surface area contributed by atoms with Crippen molar-refractivity contribution in [1.29, 1.82) is 0 Å². The molecule has 2 rings (SSSR count). The quantitative estimate of drug-likeness (QED) is 0.763. The molecule has 0 amide bonds. The number of anilines is 1. The summed E-state index contributed by atoms with van der Waals surface area (Å²) < 4.78 is 0. The number of rotatable bonds is 5. The largest absolute Gasteiger partial charge is 0.366 e. The Bertz CT molecular complexity index is 456. The molecule has 2 nitrogen and oxygen atoms in total. The highest BCUT2D eigenvalue weighted by molar-refractivity contribution is 7.09. The van der Waals surface area contributed by atoms with Crippen LogP contribution in [-0.2, 0) is 12.4 Å². The van der Waals surface area contributed by atoms with Crippen LogP contribution in [-0.4, -0.2) is 11.5 Å². The summed E-state index contributed by atoms with van der Waals surface area (Å²) in [5.41, 5.74) is 2.28. The summed E-state index contributed by atoms with van der Waals surface area (Å²) in [6.45, 7) is 4.06. The topological polar surface area (TPSA) is 16.1 Å². The number of thiophene rings is 1. The maximum absolute atomic E-state index is 5.95. The monoisotopic (exact) mass is 266 g/mol. The molecule has 2 heterocycles. The molecule has 0 aromatic carbocycles. The lowest BCUT2D eigenvalue weighted by Crippen LogP contribution is -2.22. The molecule has 4 heteroatoms. The fourth-order valence-electron chi connectivity index (χ4n) is 1.79. The molecule has 0 unspecified atom stereocenters. The molecule has 17 heavy (non-hydrogen) atoms. The van der Waals surface area contributed by atoms with Gasteiger partial charge >= 0.3 is 0 Å². The molecule has 0 N–H and O–H groups in total. The van der Waals surface area contributed by atoms with E-state index in [1.54, 1.807) is 11.3 Å². The van der Waals surface area contributed by atoms with E-state index < -0.39 is 0 Å². The first-order chi connectivity index (χ1) is 8.35. The van der Waals surface area contributed by atoms with E-state index in [-0.39, 0.29) is 0 Å². The summed E-state index contributed by atoms with van der Waals surface area (Å²) in [5, 5.41) is 2.11. The zero-order valence-corrected chi connectivity index (χ0v) is 11.3. The number of halogens is 1. The molecule has 0 aliphatic rings. The van der Waals surface area contributed by atoms with Gasteiger partial charge in [0.05, 0.1) is 12.4 Å². The minimum absolute atomic E-state index is 0.504. The molecule has 0 aliphatic carbocycles. The summed E-state index contributed by atoms with van der Waals surface area (Å²) in [4.78, 5) is 7.81. The second-order valence-corrected chi connectivity index (χ2v) is 5.03. The van der Waals surface area contributed by atoms with E-state index in [1.165, 1.54) is 10.6 Å². The number of hydrogen-bond donors (Lipinski definition) is 0. The molecule has 0 radical (unpaired) electrons. The fourth-order valence-corrected chi connectivity index (χ4v) is 2.71. The van der Waals surface area contributed by atoms with Crippen molar-refractivity contribution < 1.29 is 0 Å². The van der Waals surface area contributed by atoms with Gasteiger partial charge < -0.3 is 4.90 Å². The third-order valence-electron chi connectivity index (χ3n) is 2.67. The normalized spacial score (nSPS) is 10.5. The molecule has 0 aliphatic heterocycles. The van der Waals surface area contributed by atoms with Crippen LogP contribution < -0.4 is 4.90 Å². The van der Waals surface area contributed by atoms with Crippen LogP contribution in [0.2, 0.25) is 0 Å². The van der Waals surface area contributed by atoms with E-state index >= 15 is 0 Å². The first kappa shape index (κ1) is 12.4. The standard InChI is InChI=1S/C13H15ClN2S/c1-2-16(10-12-4-3-7-17-12)13-5-6-15-9-11(13)8-14/h3-7,9H,2,8,10H2,1H3. The number of hydrogen-bond acceptors (Lipinski definition) is 3. The summed E-state index contributed by atoms with van der Waals surface area (Å²) in [7, 11) is 0. The van der Waals surface area contributed by atoms with Crippen molar-refractivity contribution in [3.63, 3.8) is 0 Å². The minimum Gasteiger partial charge on any atom is -0.366 e. The number of aromatic nitrogens is 1. The van der Waals surface area contributed by atoms with Crippen LogP contribution in [0.1, 0.15) is 17.4 Å². The zero-order valence-electron chi connectivity index (χ0n) is 9.77. The van der Waals surface area contributed by atoms with Crippen LogP contribution in [0.15, 0.2) is 36.0 Å². The van der Waals surface area contributed by atoms with E-state index in [9.17, 15) is 0 Å². The number of alkyl halides is 1. The molecule has 0 fully saturated rings. The van der Waals surface area contributed by atoms with Crippen molar-refractivity contribution in [3.05, 3.63) is 46.4 Å². The molecule has 0 spiro atoms. The van der Waals surface area contributed by atoms with Crippen molar-refractivity contribution in [2.45, 2.75) is 19.3 Å². The van der Waals surface area contributed by atoms with Gasteiger partial charge in [0.15, 0.2) is 0 Å². The van der Waals surface area contributed by atoms with Gasteiger partial charge in [-0.3, -0.25) is 4.98 Å². The second kappa shape index (κ2) is 6.03. The lowest BCUT2D eigenvalue weighted by Gasteiger charge is -2.24. The van der Waals surface area contributed by atoms with Gasteiger partial charge in [-0.1, -0.05) is 6.07 Å². The molecule has 0 bridgehead atoms. The van der Waals surface area contributed by atoms with Gasteiger partial charge in [0, 0.05) is 35.1 Å². The predicted octanol–water partition coefficient (Wildman–Crippen LogP) is 3.91. The van der Waals surface area contributed by atoms with E-state index in [1.807, 2.05) is 18.5 Å². The van der Waals surface area contributed by atoms with Crippen molar-refractivity contribution in [2.24, 2.45) is 0 Å². The van der Waals surface area contributed by atoms with Gasteiger partial charge in [0.1, 0.15) is 0 Å². The molecular formula is C13H15ClN2S. The van der Waals surface area contributed by atoms with Crippen molar-refractivity contribution in [2.75, 3.05) is 11.4 Å². The molecule has 0 saturated carbocycles. The summed E-state index contributed by atoms with van der Waals surface area (Å²) in [5.74, 6) is 0.504. The highest BCUT2D eigenvalue weighted by Gasteiger charge is 2.10. The molecule has 2 aromatic rings. The third kappa shape index (κ3) is 2.99. The average molecular weight is 267 g/mol. The Morgan fingerprint density at radius 1 is 1.41 bits per heavy atom. The fraction of sp³-hybridized carbons (Fsp3) is 0.308. The first-order valence-electron chi connectivity index (χ1n) is 5.61. The molecular weight excluding hydrogens is 252 g/mol. The van der Waals surface area contributed by atoms with Crippen molar-refractivity contribution in [3.8, 4) is 0 Å². The second-order valence-electron chi connectivity index (χ2n) is 3.73. The van der Waals surface area contributed by atoms with Crippen LogP contribution in [0.3, 0.4) is 0 Å². The maximum Gasteiger partial charge on any atom is 0.0522 e. The predicted molar refractivity (Wildman–Crippen MR) is 74.8 cm³/mol. The van der Waals surface area contributed by atoms with Gasteiger partial charge in [0.25, 0.3) is 0 Å². The number of pyridine rings is 1. The summed E-state index contributed by atoms with van der Waals surface area (Å²) in [6.07, 6.45) is 3.67.